The van der Waals surface area contributed by atoms with E-state index < -0.39 is 18.1 Å². The van der Waals surface area contributed by atoms with Gasteiger partial charge in [0.15, 0.2) is 0 Å². The first-order valence-corrected chi connectivity index (χ1v) is 8.59. The van der Waals surface area contributed by atoms with Crippen molar-refractivity contribution in [2.45, 2.75) is 19.1 Å². The first kappa shape index (κ1) is 18.7. The van der Waals surface area contributed by atoms with Gasteiger partial charge in [-0.05, 0) is 24.6 Å². The zero-order valence-electron chi connectivity index (χ0n) is 15.4. The fourth-order valence-corrected chi connectivity index (χ4v) is 3.04. The van der Waals surface area contributed by atoms with Gasteiger partial charge >= 0.3 is 5.97 Å². The molecular weight excluding hydrogens is 348 g/mol. The number of pyridine rings is 2. The normalized spacial score (nSPS) is 17.6. The molecule has 0 saturated carbocycles. The number of carbonyl (C=O) groups excluding carboxylic acids is 1. The summed E-state index contributed by atoms with van der Waals surface area (Å²) in [4.78, 5) is 26.7. The Kier molecular flexibility index (Phi) is 5.27. The van der Waals surface area contributed by atoms with Crippen LogP contribution >= 0.6 is 0 Å². The van der Waals surface area contributed by atoms with Crippen LogP contribution in [0.1, 0.15) is 18.4 Å². The van der Waals surface area contributed by atoms with Gasteiger partial charge in [0.2, 0.25) is 0 Å². The Labute approximate surface area is 156 Å². The largest absolute Gasteiger partial charge is 0.465 e. The number of ether oxygens (including phenoxy) is 1. The maximum Gasteiger partial charge on any atom is 0.318 e. The monoisotopic (exact) mass is 370 g/mol. The summed E-state index contributed by atoms with van der Waals surface area (Å²) >= 11 is 0. The Morgan fingerprint density at radius 1 is 1.37 bits per heavy atom. The van der Waals surface area contributed by atoms with Crippen LogP contribution in [0, 0.1) is 0 Å². The number of esters is 1. The second-order valence-corrected chi connectivity index (χ2v) is 6.27. The average Bonchev–Trinajstić information content (AvgIpc) is 3.12. The van der Waals surface area contributed by atoms with E-state index in [1.165, 1.54) is 0 Å². The summed E-state index contributed by atoms with van der Waals surface area (Å²) in [6.45, 7) is 2.04. The molecule has 0 fully saturated rings. The minimum atomic E-state index is -0.928. The van der Waals surface area contributed by atoms with Crippen LogP contribution < -0.4 is 10.9 Å². The van der Waals surface area contributed by atoms with Crippen LogP contribution in [0.25, 0.3) is 11.3 Å². The van der Waals surface area contributed by atoms with Gasteiger partial charge in [-0.1, -0.05) is 0 Å². The van der Waals surface area contributed by atoms with E-state index in [1.54, 1.807) is 43.1 Å². The molecule has 0 saturated heterocycles. The minimum absolute atomic E-state index is 0.0520. The van der Waals surface area contributed by atoms with E-state index in [0.29, 0.717) is 12.3 Å². The number of rotatable bonds is 2. The second-order valence-electron chi connectivity index (χ2n) is 6.27. The summed E-state index contributed by atoms with van der Waals surface area (Å²) in [5.74, 6) is -1.06. The Morgan fingerprint density at radius 2 is 2.15 bits per heavy atom. The molecule has 1 aromatic heterocycles. The predicted octanol–water partition coefficient (Wildman–Crippen LogP) is 1.30. The number of nitrogens with one attached hydrogen (secondary N) is 1. The fourth-order valence-electron chi connectivity index (χ4n) is 3.04. The highest BCUT2D eigenvalue weighted by Crippen LogP contribution is 2.34. The van der Waals surface area contributed by atoms with Crippen LogP contribution in [0.3, 0.4) is 0 Å². The van der Waals surface area contributed by atoms with Crippen molar-refractivity contribution >= 4 is 11.7 Å². The van der Waals surface area contributed by atoms with Crippen molar-refractivity contribution in [2.24, 2.45) is 14.1 Å². The summed E-state index contributed by atoms with van der Waals surface area (Å²) in [6, 6.07) is 5.30. The number of nitrogens with zero attached hydrogens (tertiary/aromatic N) is 3. The SMILES string of the molecule is CCOC(=O)C1c2ccncc2NC1O.Cn1ccc2cc(=O)n(C)c-2c1. The van der Waals surface area contributed by atoms with E-state index in [9.17, 15) is 14.7 Å². The van der Waals surface area contributed by atoms with E-state index >= 15 is 0 Å². The molecule has 4 rings (SSSR count). The number of carbonyl (C=O) groups is 1. The van der Waals surface area contributed by atoms with Gasteiger partial charge in [0.1, 0.15) is 12.1 Å². The lowest BCUT2D eigenvalue weighted by molar-refractivity contribution is -0.147. The summed E-state index contributed by atoms with van der Waals surface area (Å²) in [6.07, 6.45) is 6.12. The molecule has 2 N–H and O–H groups in total. The highest BCUT2D eigenvalue weighted by atomic mass is 16.5. The van der Waals surface area contributed by atoms with Gasteiger partial charge in [0.25, 0.3) is 5.56 Å². The van der Waals surface area contributed by atoms with Gasteiger partial charge in [-0.3, -0.25) is 14.6 Å². The highest BCUT2D eigenvalue weighted by Gasteiger charge is 2.37. The number of anilines is 1. The number of aryl methyl sites for hydroxylation is 1. The topological polar surface area (TPSA) is 98.4 Å². The van der Waals surface area contributed by atoms with Crippen molar-refractivity contribution in [1.29, 1.82) is 0 Å². The van der Waals surface area contributed by atoms with Crippen molar-refractivity contribution in [3.05, 3.63) is 58.9 Å². The molecule has 2 atom stereocenters. The number of hydrogen-bond acceptors (Lipinski definition) is 6. The molecular formula is C19H22N4O4. The highest BCUT2D eigenvalue weighted by molar-refractivity contribution is 5.84. The second kappa shape index (κ2) is 7.63. The Morgan fingerprint density at radius 3 is 2.89 bits per heavy atom. The van der Waals surface area contributed by atoms with Crippen LogP contribution in [0.2, 0.25) is 0 Å². The molecule has 8 nitrogen and oxygen atoms in total. The van der Waals surface area contributed by atoms with E-state index in [-0.39, 0.29) is 5.56 Å². The van der Waals surface area contributed by atoms with Gasteiger partial charge < -0.3 is 24.3 Å². The van der Waals surface area contributed by atoms with Crippen LogP contribution in [-0.4, -0.2) is 38.0 Å². The predicted molar refractivity (Wildman–Crippen MR) is 101 cm³/mol. The lowest BCUT2D eigenvalue weighted by atomic mass is 10.0. The number of hydrogen-bond donors (Lipinski definition) is 2. The summed E-state index contributed by atoms with van der Waals surface area (Å²) < 4.78 is 8.47. The van der Waals surface area contributed by atoms with E-state index in [2.05, 4.69) is 10.3 Å². The third-order valence-corrected chi connectivity index (χ3v) is 4.43. The minimum Gasteiger partial charge on any atom is -0.465 e. The van der Waals surface area contributed by atoms with Gasteiger partial charge in [-0.15, -0.1) is 0 Å². The molecule has 0 aliphatic carbocycles. The molecule has 142 valence electrons. The lowest BCUT2D eigenvalue weighted by Crippen LogP contribution is -2.27. The average molecular weight is 370 g/mol. The van der Waals surface area contributed by atoms with Crippen LogP contribution in [0.5, 0.6) is 0 Å². The van der Waals surface area contributed by atoms with Crippen LogP contribution in [0.15, 0.2) is 47.8 Å². The van der Waals surface area contributed by atoms with Gasteiger partial charge in [-0.25, -0.2) is 0 Å². The van der Waals surface area contributed by atoms with Crippen LogP contribution in [0.4, 0.5) is 5.69 Å². The van der Waals surface area contributed by atoms with Gasteiger partial charge in [-0.2, -0.15) is 0 Å². The van der Waals surface area contributed by atoms with Crippen molar-refractivity contribution in [3.8, 4) is 11.3 Å². The van der Waals surface area contributed by atoms with E-state index in [1.807, 2.05) is 30.1 Å². The summed E-state index contributed by atoms with van der Waals surface area (Å²) in [5, 5.41) is 12.4. The molecule has 0 amide bonds. The third kappa shape index (κ3) is 3.70. The maximum atomic E-state index is 11.6. The first-order valence-electron chi connectivity index (χ1n) is 8.59. The zero-order valence-corrected chi connectivity index (χ0v) is 15.4. The van der Waals surface area contributed by atoms with Gasteiger partial charge in [0, 0.05) is 44.3 Å². The molecule has 1 aromatic rings. The fraction of sp³-hybridized carbons (Fsp3) is 0.316. The molecule has 0 radical (unpaired) electrons. The number of aromatic nitrogens is 3. The molecule has 0 spiro atoms. The molecule has 0 bridgehead atoms. The van der Waals surface area contributed by atoms with Crippen molar-refractivity contribution in [2.75, 3.05) is 11.9 Å². The van der Waals surface area contributed by atoms with E-state index in [4.69, 9.17) is 4.74 Å². The number of fused-ring (bicyclic) bond motifs is 2. The van der Waals surface area contributed by atoms with Crippen molar-refractivity contribution < 1.29 is 14.6 Å². The molecule has 3 aliphatic rings. The third-order valence-electron chi connectivity index (χ3n) is 4.43. The van der Waals surface area contributed by atoms with E-state index in [0.717, 1.165) is 16.8 Å². The molecule has 2 unspecified atom stereocenters. The standard InChI is InChI=1S/C10H12N2O3.C9H10N2O/c1-2-15-10(14)8-6-3-4-11-5-7(6)12-9(8)13;1-10-4-3-7-5-9(12)11(2)8(7)6-10/h3-5,8-9,12-13H,2H2,1H3;3-6H,1-2H3. The Hall–Kier alpha value is -3.13. The number of aliphatic hydroxyl groups is 1. The Balaban J connectivity index is 0.000000159. The summed E-state index contributed by atoms with van der Waals surface area (Å²) in [5.41, 5.74) is 3.45. The van der Waals surface area contributed by atoms with Crippen molar-refractivity contribution in [3.63, 3.8) is 0 Å². The smallest absolute Gasteiger partial charge is 0.318 e. The lowest BCUT2D eigenvalue weighted by Gasteiger charge is -2.13. The zero-order chi connectivity index (χ0) is 19.6. The first-order chi connectivity index (χ1) is 12.9. The molecule has 3 aliphatic heterocycles. The molecule has 27 heavy (non-hydrogen) atoms. The maximum absolute atomic E-state index is 11.6. The summed E-state index contributed by atoms with van der Waals surface area (Å²) in [7, 11) is 3.72. The molecule has 4 heterocycles. The quantitative estimate of drug-likeness (QED) is 0.660. The van der Waals surface area contributed by atoms with Gasteiger partial charge in [0.05, 0.1) is 24.2 Å². The van der Waals surface area contributed by atoms with Crippen LogP contribution in [-0.2, 0) is 23.6 Å². The van der Waals surface area contributed by atoms with Crippen molar-refractivity contribution in [1.82, 2.24) is 14.1 Å². The molecule has 0 aromatic carbocycles. The molecule has 8 heteroatoms. The number of aliphatic hydroxyl groups excluding tert-OH is 1. The Bertz CT molecular complexity index is 978.